The van der Waals surface area contributed by atoms with Gasteiger partial charge in [-0.25, -0.2) is 4.39 Å². The van der Waals surface area contributed by atoms with Gasteiger partial charge in [-0.3, -0.25) is 0 Å². The van der Waals surface area contributed by atoms with Gasteiger partial charge in [0.05, 0.1) is 17.3 Å². The lowest BCUT2D eigenvalue weighted by atomic mass is 10.3. The zero-order chi connectivity index (χ0) is 15.9. The molecule has 0 radical (unpaired) electrons. The Kier molecular flexibility index (Phi) is 6.42. The number of rotatable bonds is 5. The van der Waals surface area contributed by atoms with E-state index in [0.717, 1.165) is 0 Å². The van der Waals surface area contributed by atoms with Crippen molar-refractivity contribution >= 4 is 50.5 Å². The number of ether oxygens (including phenoxy) is 1. The van der Waals surface area contributed by atoms with E-state index < -0.39 is 0 Å². The van der Waals surface area contributed by atoms with Gasteiger partial charge in [-0.15, -0.1) is 0 Å². The highest BCUT2D eigenvalue weighted by Gasteiger charge is 2.05. The van der Waals surface area contributed by atoms with Gasteiger partial charge in [0.15, 0.2) is 5.11 Å². The Morgan fingerprint density at radius 1 is 1.27 bits per heavy atom. The van der Waals surface area contributed by atoms with Crippen molar-refractivity contribution in [2.45, 2.75) is 0 Å². The van der Waals surface area contributed by atoms with Crippen LogP contribution in [0, 0.1) is 5.82 Å². The average molecular weight is 404 g/mol. The lowest BCUT2D eigenvalue weighted by Crippen LogP contribution is -2.32. The van der Waals surface area contributed by atoms with Crippen LogP contribution in [-0.4, -0.2) is 18.3 Å². The molecule has 0 fully saturated rings. The van der Waals surface area contributed by atoms with E-state index in [-0.39, 0.29) is 5.82 Å². The maximum atomic E-state index is 13.6. The standard InChI is InChI=1S/C15H13BrClFN2OS/c16-10-5-6-13(12(18)9-10)20-15(22)19-7-8-21-14-4-2-1-3-11(14)17/h1-6,9H,7-8H2,(H2,19,20,22). The number of hydrogen-bond acceptors (Lipinski definition) is 2. The summed E-state index contributed by atoms with van der Waals surface area (Å²) in [5, 5.41) is 6.61. The summed E-state index contributed by atoms with van der Waals surface area (Å²) in [4.78, 5) is 0. The maximum Gasteiger partial charge on any atom is 0.170 e. The first-order valence-corrected chi connectivity index (χ1v) is 8.01. The van der Waals surface area contributed by atoms with Crippen LogP contribution in [0.1, 0.15) is 0 Å². The number of benzene rings is 2. The molecule has 0 atom stereocenters. The molecule has 0 spiro atoms. The zero-order valence-corrected chi connectivity index (χ0v) is 14.6. The molecule has 116 valence electrons. The summed E-state index contributed by atoms with van der Waals surface area (Å²) in [6.07, 6.45) is 0. The smallest absolute Gasteiger partial charge is 0.170 e. The predicted octanol–water partition coefficient (Wildman–Crippen LogP) is 4.61. The third-order valence-corrected chi connectivity index (χ3v) is 3.71. The van der Waals surface area contributed by atoms with Crippen molar-refractivity contribution in [3.8, 4) is 5.75 Å². The highest BCUT2D eigenvalue weighted by atomic mass is 79.9. The second-order valence-corrected chi connectivity index (χ2v) is 6.02. The van der Waals surface area contributed by atoms with E-state index in [1.807, 2.05) is 12.1 Å². The van der Waals surface area contributed by atoms with Gasteiger partial charge in [-0.1, -0.05) is 39.7 Å². The van der Waals surface area contributed by atoms with Gasteiger partial charge in [0.1, 0.15) is 18.2 Å². The monoisotopic (exact) mass is 402 g/mol. The van der Waals surface area contributed by atoms with Gasteiger partial charge in [-0.05, 0) is 42.5 Å². The third-order valence-electron chi connectivity index (χ3n) is 2.66. The van der Waals surface area contributed by atoms with E-state index in [1.54, 1.807) is 24.3 Å². The molecule has 2 rings (SSSR count). The van der Waals surface area contributed by atoms with Gasteiger partial charge in [0.25, 0.3) is 0 Å². The van der Waals surface area contributed by atoms with Crippen molar-refractivity contribution in [2.75, 3.05) is 18.5 Å². The quantitative estimate of drug-likeness (QED) is 0.564. The van der Waals surface area contributed by atoms with Crippen LogP contribution in [0.2, 0.25) is 5.02 Å². The minimum absolute atomic E-state index is 0.313. The third kappa shape index (κ3) is 5.12. The molecule has 22 heavy (non-hydrogen) atoms. The van der Waals surface area contributed by atoms with Gasteiger partial charge in [-0.2, -0.15) is 0 Å². The van der Waals surface area contributed by atoms with Gasteiger partial charge < -0.3 is 15.4 Å². The first-order chi connectivity index (χ1) is 10.6. The van der Waals surface area contributed by atoms with E-state index in [9.17, 15) is 4.39 Å². The molecule has 7 heteroatoms. The molecule has 0 aromatic heterocycles. The molecule has 0 aliphatic carbocycles. The summed E-state index contributed by atoms with van der Waals surface area (Å²) >= 11 is 14.3. The summed E-state index contributed by atoms with van der Waals surface area (Å²) in [6.45, 7) is 0.851. The van der Waals surface area contributed by atoms with Crippen molar-refractivity contribution in [3.63, 3.8) is 0 Å². The van der Waals surface area contributed by atoms with Crippen LogP contribution in [-0.2, 0) is 0 Å². The lowest BCUT2D eigenvalue weighted by molar-refractivity contribution is 0.323. The molecule has 0 unspecified atom stereocenters. The van der Waals surface area contributed by atoms with Crippen molar-refractivity contribution in [1.29, 1.82) is 0 Å². The molecule has 2 N–H and O–H groups in total. The number of nitrogens with one attached hydrogen (secondary N) is 2. The molecule has 0 amide bonds. The summed E-state index contributed by atoms with van der Waals surface area (Å²) in [5.41, 5.74) is 0.313. The number of halogens is 3. The Labute approximate surface area is 146 Å². The summed E-state index contributed by atoms with van der Waals surface area (Å²) < 4.78 is 19.8. The van der Waals surface area contributed by atoms with Crippen molar-refractivity contribution < 1.29 is 9.13 Å². The van der Waals surface area contributed by atoms with Gasteiger partial charge in [0.2, 0.25) is 0 Å². The predicted molar refractivity (Wildman–Crippen MR) is 95.3 cm³/mol. The Morgan fingerprint density at radius 3 is 2.77 bits per heavy atom. The number of para-hydroxylation sites is 1. The fourth-order valence-electron chi connectivity index (χ4n) is 1.64. The molecule has 0 bridgehead atoms. The Balaban J connectivity index is 1.75. The van der Waals surface area contributed by atoms with E-state index in [1.165, 1.54) is 6.07 Å². The average Bonchev–Trinajstić information content (AvgIpc) is 2.48. The molecular formula is C15H13BrClFN2OS. The molecule has 2 aromatic carbocycles. The normalized spacial score (nSPS) is 10.1. The molecule has 3 nitrogen and oxygen atoms in total. The van der Waals surface area contributed by atoms with Crippen molar-refractivity contribution in [1.82, 2.24) is 5.32 Å². The molecule has 0 saturated heterocycles. The largest absolute Gasteiger partial charge is 0.490 e. The minimum atomic E-state index is -0.383. The second-order valence-electron chi connectivity index (χ2n) is 4.28. The molecule has 0 aliphatic heterocycles. The highest BCUT2D eigenvalue weighted by Crippen LogP contribution is 2.22. The van der Waals surface area contributed by atoms with Crippen molar-refractivity contribution in [2.24, 2.45) is 0 Å². The van der Waals surface area contributed by atoms with E-state index in [2.05, 4.69) is 26.6 Å². The maximum absolute atomic E-state index is 13.6. The minimum Gasteiger partial charge on any atom is -0.490 e. The lowest BCUT2D eigenvalue weighted by Gasteiger charge is -2.12. The van der Waals surface area contributed by atoms with E-state index >= 15 is 0 Å². The Morgan fingerprint density at radius 2 is 2.05 bits per heavy atom. The topological polar surface area (TPSA) is 33.3 Å². The molecule has 0 aliphatic rings. The molecule has 0 heterocycles. The van der Waals surface area contributed by atoms with Gasteiger partial charge >= 0.3 is 0 Å². The Hall–Kier alpha value is -1.37. The highest BCUT2D eigenvalue weighted by molar-refractivity contribution is 9.10. The Bertz CT molecular complexity index is 672. The van der Waals surface area contributed by atoms with Crippen LogP contribution in [0.25, 0.3) is 0 Å². The fraction of sp³-hybridized carbons (Fsp3) is 0.133. The van der Waals surface area contributed by atoms with Crippen LogP contribution in [0.5, 0.6) is 5.75 Å². The first kappa shape index (κ1) is 17.0. The summed E-state index contributed by atoms with van der Waals surface area (Å²) in [6, 6.07) is 11.9. The summed E-state index contributed by atoms with van der Waals surface area (Å²) in [5.74, 6) is 0.231. The van der Waals surface area contributed by atoms with Crippen molar-refractivity contribution in [3.05, 3.63) is 57.8 Å². The second kappa shape index (κ2) is 8.31. The SMILES string of the molecule is Fc1cc(Br)ccc1NC(=S)NCCOc1ccccc1Cl. The summed E-state index contributed by atoms with van der Waals surface area (Å²) in [7, 11) is 0. The van der Waals surface area contributed by atoms with E-state index in [0.29, 0.717) is 39.2 Å². The van der Waals surface area contributed by atoms with Crippen LogP contribution in [0.4, 0.5) is 10.1 Å². The number of anilines is 1. The molecule has 0 saturated carbocycles. The number of thiocarbonyl (C=S) groups is 1. The fourth-order valence-corrected chi connectivity index (χ4v) is 2.38. The van der Waals surface area contributed by atoms with Crippen LogP contribution in [0.15, 0.2) is 46.9 Å². The molecule has 2 aromatic rings. The van der Waals surface area contributed by atoms with Crippen LogP contribution in [0.3, 0.4) is 0 Å². The van der Waals surface area contributed by atoms with Gasteiger partial charge in [0, 0.05) is 4.47 Å². The van der Waals surface area contributed by atoms with Crippen LogP contribution < -0.4 is 15.4 Å². The molecular weight excluding hydrogens is 391 g/mol. The number of hydrogen-bond donors (Lipinski definition) is 2. The zero-order valence-electron chi connectivity index (χ0n) is 11.4. The van der Waals surface area contributed by atoms with E-state index in [4.69, 9.17) is 28.6 Å². The van der Waals surface area contributed by atoms with Crippen LogP contribution >= 0.6 is 39.7 Å². The first-order valence-electron chi connectivity index (χ1n) is 6.43.